The zero-order valence-electron chi connectivity index (χ0n) is 20.1. The van der Waals surface area contributed by atoms with E-state index in [4.69, 9.17) is 9.47 Å². The fourth-order valence-electron chi connectivity index (χ4n) is 4.03. The maximum atomic E-state index is 12.8. The van der Waals surface area contributed by atoms with Crippen LogP contribution in [0.2, 0.25) is 0 Å². The number of carbonyl (C=O) groups is 2. The highest BCUT2D eigenvalue weighted by Gasteiger charge is 2.34. The number of halogens is 1. The van der Waals surface area contributed by atoms with Gasteiger partial charge in [-0.25, -0.2) is 0 Å². The van der Waals surface area contributed by atoms with Crippen molar-refractivity contribution in [1.29, 1.82) is 0 Å². The molecular weight excluding hydrogens is 550 g/mol. The van der Waals surface area contributed by atoms with Gasteiger partial charge in [-0.2, -0.15) is 0 Å². The zero-order valence-corrected chi connectivity index (χ0v) is 22.6. The third-order valence-corrected chi connectivity index (χ3v) is 7.52. The third-order valence-electron chi connectivity index (χ3n) is 6.00. The third kappa shape index (κ3) is 5.89. The zero-order chi connectivity index (χ0) is 25.8. The quantitative estimate of drug-likeness (QED) is 0.203. The number of hydrogen-bond acceptors (Lipinski definition) is 5. The fourth-order valence-corrected chi connectivity index (χ4v) is 5.41. The standard InChI is InChI=1S/C30H24BrNO4S/c1-20-9-12-24(13-10-20)35-16-15-32-29(33)28(37-30(32)34)18-21-11-14-27(26(31)17-21)36-19-23-7-4-6-22-5-2-3-8-25(22)23/h2-14,17-18H,15-16,19H2,1H3/b28-18-. The van der Waals surface area contributed by atoms with E-state index in [1.165, 1.54) is 10.3 Å². The number of amides is 2. The van der Waals surface area contributed by atoms with E-state index in [1.807, 2.05) is 67.6 Å². The van der Waals surface area contributed by atoms with Gasteiger partial charge in [0.2, 0.25) is 0 Å². The Hall–Kier alpha value is -3.55. The van der Waals surface area contributed by atoms with Crippen molar-refractivity contribution in [2.24, 2.45) is 0 Å². The molecule has 2 amide bonds. The molecule has 4 aromatic rings. The Morgan fingerprint density at radius 2 is 1.70 bits per heavy atom. The fraction of sp³-hybridized carbons (Fsp3) is 0.133. The molecule has 0 bridgehead atoms. The van der Waals surface area contributed by atoms with E-state index in [9.17, 15) is 9.59 Å². The Kier molecular flexibility index (Phi) is 7.63. The molecule has 0 aliphatic carbocycles. The molecule has 1 aliphatic rings. The van der Waals surface area contributed by atoms with Crippen molar-refractivity contribution < 1.29 is 19.1 Å². The number of fused-ring (bicyclic) bond motifs is 1. The van der Waals surface area contributed by atoms with E-state index in [1.54, 1.807) is 6.08 Å². The first-order chi connectivity index (χ1) is 18.0. The molecule has 0 radical (unpaired) electrons. The number of benzene rings is 4. The summed E-state index contributed by atoms with van der Waals surface area (Å²) in [6, 6.07) is 27.7. The van der Waals surface area contributed by atoms with Crippen LogP contribution in [-0.4, -0.2) is 29.2 Å². The molecule has 4 aromatic carbocycles. The molecule has 0 unspecified atom stereocenters. The minimum absolute atomic E-state index is 0.195. The van der Waals surface area contributed by atoms with E-state index < -0.39 is 0 Å². The van der Waals surface area contributed by atoms with Crippen molar-refractivity contribution in [3.63, 3.8) is 0 Å². The summed E-state index contributed by atoms with van der Waals surface area (Å²) >= 11 is 4.52. The molecule has 5 rings (SSSR count). The van der Waals surface area contributed by atoms with Gasteiger partial charge in [0.15, 0.2) is 0 Å². The van der Waals surface area contributed by atoms with Crippen molar-refractivity contribution in [3.8, 4) is 11.5 Å². The number of nitrogens with zero attached hydrogens (tertiary/aromatic N) is 1. The Labute approximate surface area is 228 Å². The van der Waals surface area contributed by atoms with Gasteiger partial charge in [0.25, 0.3) is 11.1 Å². The average molecular weight is 574 g/mol. The summed E-state index contributed by atoms with van der Waals surface area (Å²) in [6.45, 7) is 2.87. The van der Waals surface area contributed by atoms with Gasteiger partial charge in [-0.3, -0.25) is 14.5 Å². The molecule has 1 fully saturated rings. The molecule has 0 atom stereocenters. The summed E-state index contributed by atoms with van der Waals surface area (Å²) in [5.74, 6) is 1.10. The summed E-state index contributed by atoms with van der Waals surface area (Å²) in [5.41, 5.74) is 3.04. The van der Waals surface area contributed by atoms with Crippen molar-refractivity contribution in [1.82, 2.24) is 4.90 Å². The highest BCUT2D eigenvalue weighted by molar-refractivity contribution is 9.10. The van der Waals surface area contributed by atoms with Crippen LogP contribution in [0.5, 0.6) is 11.5 Å². The van der Waals surface area contributed by atoms with E-state index >= 15 is 0 Å². The highest BCUT2D eigenvalue weighted by Crippen LogP contribution is 2.34. The number of carbonyl (C=O) groups excluding carboxylic acids is 2. The first kappa shape index (κ1) is 25.1. The predicted molar refractivity (Wildman–Crippen MR) is 152 cm³/mol. The Morgan fingerprint density at radius 1 is 0.919 bits per heavy atom. The molecule has 0 saturated carbocycles. The highest BCUT2D eigenvalue weighted by atomic mass is 79.9. The van der Waals surface area contributed by atoms with Gasteiger partial charge in [-0.05, 0) is 86.9 Å². The summed E-state index contributed by atoms with van der Waals surface area (Å²) in [5, 5.41) is 2.05. The summed E-state index contributed by atoms with van der Waals surface area (Å²) in [7, 11) is 0. The van der Waals surface area contributed by atoms with Crippen molar-refractivity contribution in [3.05, 3.63) is 111 Å². The molecule has 0 spiro atoms. The van der Waals surface area contributed by atoms with Crippen molar-refractivity contribution in [2.75, 3.05) is 13.2 Å². The second-order valence-corrected chi connectivity index (χ2v) is 10.5. The topological polar surface area (TPSA) is 55.8 Å². The lowest BCUT2D eigenvalue weighted by molar-refractivity contribution is -0.123. The molecule has 186 valence electrons. The normalized spacial score (nSPS) is 14.5. The predicted octanol–water partition coefficient (Wildman–Crippen LogP) is 7.61. The average Bonchev–Trinajstić information content (AvgIpc) is 3.16. The summed E-state index contributed by atoms with van der Waals surface area (Å²) in [4.78, 5) is 26.9. The van der Waals surface area contributed by atoms with E-state index in [0.29, 0.717) is 23.0 Å². The summed E-state index contributed by atoms with van der Waals surface area (Å²) < 4.78 is 12.5. The van der Waals surface area contributed by atoms with Gasteiger partial charge >= 0.3 is 0 Å². The van der Waals surface area contributed by atoms with Crippen LogP contribution in [0.15, 0.2) is 94.3 Å². The van der Waals surface area contributed by atoms with Gasteiger partial charge in [-0.1, -0.05) is 66.2 Å². The van der Waals surface area contributed by atoms with Crippen LogP contribution in [0.25, 0.3) is 16.8 Å². The van der Waals surface area contributed by atoms with Crippen LogP contribution >= 0.6 is 27.7 Å². The van der Waals surface area contributed by atoms with Gasteiger partial charge < -0.3 is 9.47 Å². The molecule has 5 nitrogen and oxygen atoms in total. The lowest BCUT2D eigenvalue weighted by Gasteiger charge is -2.13. The molecule has 1 aliphatic heterocycles. The van der Waals surface area contributed by atoms with E-state index in [-0.39, 0.29) is 24.3 Å². The van der Waals surface area contributed by atoms with Crippen molar-refractivity contribution in [2.45, 2.75) is 13.5 Å². The van der Waals surface area contributed by atoms with Crippen LogP contribution in [-0.2, 0) is 11.4 Å². The lowest BCUT2D eigenvalue weighted by atomic mass is 10.1. The van der Waals surface area contributed by atoms with Gasteiger partial charge in [0.1, 0.15) is 24.7 Å². The SMILES string of the molecule is Cc1ccc(OCCN2C(=O)S/C(=C\c3ccc(OCc4cccc5ccccc45)c(Br)c3)C2=O)cc1. The number of imide groups is 1. The number of aryl methyl sites for hydroxylation is 1. The summed E-state index contributed by atoms with van der Waals surface area (Å²) in [6.07, 6.45) is 1.73. The second-order valence-electron chi connectivity index (χ2n) is 8.61. The van der Waals surface area contributed by atoms with Gasteiger partial charge in [0.05, 0.1) is 15.9 Å². The van der Waals surface area contributed by atoms with Crippen LogP contribution in [0.1, 0.15) is 16.7 Å². The molecule has 0 N–H and O–H groups in total. The Balaban J connectivity index is 1.21. The van der Waals surface area contributed by atoms with Crippen LogP contribution in [0.4, 0.5) is 4.79 Å². The first-order valence-electron chi connectivity index (χ1n) is 11.8. The number of hydrogen-bond donors (Lipinski definition) is 0. The number of ether oxygens (including phenoxy) is 2. The minimum atomic E-state index is -0.310. The van der Waals surface area contributed by atoms with E-state index in [0.717, 1.165) is 38.3 Å². The largest absolute Gasteiger partial charge is 0.492 e. The van der Waals surface area contributed by atoms with Crippen molar-refractivity contribution >= 4 is 55.7 Å². The number of rotatable bonds is 8. The monoisotopic (exact) mass is 573 g/mol. The molecule has 0 aromatic heterocycles. The molecule has 1 saturated heterocycles. The van der Waals surface area contributed by atoms with Crippen LogP contribution < -0.4 is 9.47 Å². The molecule has 37 heavy (non-hydrogen) atoms. The Morgan fingerprint density at radius 3 is 2.51 bits per heavy atom. The van der Waals surface area contributed by atoms with Gasteiger partial charge in [-0.15, -0.1) is 0 Å². The maximum absolute atomic E-state index is 12.8. The molecule has 1 heterocycles. The Bertz CT molecular complexity index is 1490. The molecular formula is C30H24BrNO4S. The van der Waals surface area contributed by atoms with Crippen LogP contribution in [0, 0.1) is 6.92 Å². The number of thioether (sulfide) groups is 1. The maximum Gasteiger partial charge on any atom is 0.293 e. The molecule has 7 heteroatoms. The van der Waals surface area contributed by atoms with E-state index in [2.05, 4.69) is 40.2 Å². The minimum Gasteiger partial charge on any atom is -0.492 e. The lowest BCUT2D eigenvalue weighted by Crippen LogP contribution is -2.32. The second kappa shape index (κ2) is 11.2. The van der Waals surface area contributed by atoms with Crippen LogP contribution in [0.3, 0.4) is 0 Å². The first-order valence-corrected chi connectivity index (χ1v) is 13.4. The van der Waals surface area contributed by atoms with Gasteiger partial charge in [0, 0.05) is 0 Å². The smallest absolute Gasteiger partial charge is 0.293 e.